The average Bonchev–Trinajstić information content (AvgIpc) is 3.51. The number of carbonyl (C=O) groups is 2. The number of thiophene rings is 1. The lowest BCUT2D eigenvalue weighted by molar-refractivity contribution is 0.0999. The van der Waals surface area contributed by atoms with Crippen LogP contribution in [0.15, 0.2) is 59.1 Å². The van der Waals surface area contributed by atoms with Crippen LogP contribution in [0.25, 0.3) is 0 Å². The number of hydrogen-bond donors (Lipinski definition) is 2. The molecule has 158 valence electrons. The van der Waals surface area contributed by atoms with Gasteiger partial charge in [0.05, 0.1) is 5.75 Å². The molecule has 0 saturated heterocycles. The molecule has 1 amide bonds. The Morgan fingerprint density at radius 1 is 1.16 bits per heavy atom. The van der Waals surface area contributed by atoms with Gasteiger partial charge in [0.25, 0.3) is 5.91 Å². The van der Waals surface area contributed by atoms with Crippen molar-refractivity contribution < 1.29 is 9.59 Å². The molecule has 1 aromatic carbocycles. The van der Waals surface area contributed by atoms with Crippen molar-refractivity contribution in [3.63, 3.8) is 0 Å². The Morgan fingerprint density at radius 2 is 1.97 bits per heavy atom. The Labute approximate surface area is 187 Å². The minimum absolute atomic E-state index is 0.0390. The molecule has 3 aromatic heterocycles. The lowest BCUT2D eigenvalue weighted by Gasteiger charge is -2.11. The van der Waals surface area contributed by atoms with E-state index in [9.17, 15) is 9.59 Å². The normalized spacial score (nSPS) is 10.9. The highest BCUT2D eigenvalue weighted by molar-refractivity contribution is 7.99. The Kier molecular flexibility index (Phi) is 6.34. The lowest BCUT2D eigenvalue weighted by atomic mass is 10.2. The van der Waals surface area contributed by atoms with Crippen molar-refractivity contribution in [1.82, 2.24) is 19.9 Å². The Morgan fingerprint density at radius 3 is 2.71 bits per heavy atom. The maximum absolute atomic E-state index is 12.8. The van der Waals surface area contributed by atoms with Crippen LogP contribution >= 0.6 is 23.1 Å². The van der Waals surface area contributed by atoms with Crippen molar-refractivity contribution in [1.29, 1.82) is 0 Å². The molecule has 0 saturated carbocycles. The Balaban J connectivity index is 1.39. The van der Waals surface area contributed by atoms with Gasteiger partial charge in [0.2, 0.25) is 5.16 Å². The van der Waals surface area contributed by atoms with Crippen LogP contribution in [0.3, 0.4) is 0 Å². The van der Waals surface area contributed by atoms with Gasteiger partial charge in [-0.25, -0.2) is 4.98 Å². The van der Waals surface area contributed by atoms with Gasteiger partial charge in [-0.1, -0.05) is 36.0 Å². The van der Waals surface area contributed by atoms with E-state index in [0.717, 1.165) is 11.5 Å². The summed E-state index contributed by atoms with van der Waals surface area (Å²) >= 11 is 2.96. The molecule has 0 radical (unpaired) electrons. The van der Waals surface area contributed by atoms with Gasteiger partial charge in [-0.2, -0.15) is 0 Å². The number of aromatic amines is 1. The molecule has 3 heterocycles. The van der Waals surface area contributed by atoms with E-state index in [0.29, 0.717) is 28.4 Å². The number of amides is 1. The van der Waals surface area contributed by atoms with Crippen LogP contribution < -0.4 is 5.43 Å². The van der Waals surface area contributed by atoms with Crippen LogP contribution in [0.1, 0.15) is 42.8 Å². The summed E-state index contributed by atoms with van der Waals surface area (Å²) in [7, 11) is 0. The number of nitrogens with zero attached hydrogens (tertiary/aromatic N) is 3. The van der Waals surface area contributed by atoms with E-state index in [1.165, 1.54) is 16.6 Å². The first-order chi connectivity index (χ1) is 15.0. The highest BCUT2D eigenvalue weighted by Gasteiger charge is 2.18. The Bertz CT molecular complexity index is 1200. The topological polar surface area (TPSA) is 92.7 Å². The van der Waals surface area contributed by atoms with Gasteiger partial charge in [0.15, 0.2) is 5.78 Å². The molecular formula is C22H21N5O2S2. The molecule has 7 nitrogen and oxygen atoms in total. The molecule has 31 heavy (non-hydrogen) atoms. The SMILES string of the molecule is Cc1cc(C(=O)CSc2n[nH]c(Cc3cccs3)n2)c(C)n1NC(=O)c1ccccc1. The number of thioether (sulfide) groups is 1. The average molecular weight is 452 g/mol. The molecule has 0 bridgehead atoms. The third-order valence-electron chi connectivity index (χ3n) is 4.75. The first-order valence-corrected chi connectivity index (χ1v) is 11.5. The number of nitrogens with one attached hydrogen (secondary N) is 2. The van der Waals surface area contributed by atoms with E-state index >= 15 is 0 Å². The van der Waals surface area contributed by atoms with Crippen LogP contribution in [0.5, 0.6) is 0 Å². The number of benzene rings is 1. The number of ketones is 1. The maximum atomic E-state index is 12.8. The van der Waals surface area contributed by atoms with Crippen molar-refractivity contribution in [3.8, 4) is 0 Å². The van der Waals surface area contributed by atoms with Crippen LogP contribution in [-0.4, -0.2) is 37.3 Å². The molecule has 4 rings (SSSR count). The van der Waals surface area contributed by atoms with Crippen molar-refractivity contribution in [2.24, 2.45) is 0 Å². The van der Waals surface area contributed by atoms with Gasteiger partial charge in [-0.3, -0.25) is 24.8 Å². The second-order valence-electron chi connectivity index (χ2n) is 6.96. The van der Waals surface area contributed by atoms with Gasteiger partial charge in [-0.05, 0) is 43.5 Å². The molecule has 0 fully saturated rings. The quantitative estimate of drug-likeness (QED) is 0.309. The van der Waals surface area contributed by atoms with Crippen molar-refractivity contribution in [2.45, 2.75) is 25.4 Å². The van der Waals surface area contributed by atoms with E-state index in [1.54, 1.807) is 34.2 Å². The van der Waals surface area contributed by atoms with Crippen molar-refractivity contribution in [2.75, 3.05) is 11.2 Å². The summed E-state index contributed by atoms with van der Waals surface area (Å²) in [6.07, 6.45) is 0.696. The fourth-order valence-corrected chi connectivity index (χ4v) is 4.59. The van der Waals surface area contributed by atoms with Crippen LogP contribution in [-0.2, 0) is 6.42 Å². The zero-order valence-electron chi connectivity index (χ0n) is 17.1. The van der Waals surface area contributed by atoms with Gasteiger partial charge in [0, 0.05) is 33.8 Å². The third kappa shape index (κ3) is 4.95. The third-order valence-corrected chi connectivity index (χ3v) is 6.47. The van der Waals surface area contributed by atoms with Gasteiger partial charge >= 0.3 is 0 Å². The fourth-order valence-electron chi connectivity index (χ4n) is 3.18. The first-order valence-electron chi connectivity index (χ1n) is 9.66. The van der Waals surface area contributed by atoms with E-state index < -0.39 is 0 Å². The molecule has 0 atom stereocenters. The molecule has 0 unspecified atom stereocenters. The molecule has 4 aromatic rings. The summed E-state index contributed by atoms with van der Waals surface area (Å²) in [6.45, 7) is 3.68. The number of H-pyrrole nitrogens is 1. The van der Waals surface area contributed by atoms with E-state index in [2.05, 4.69) is 26.7 Å². The number of hydrogen-bond acceptors (Lipinski definition) is 6. The number of aromatic nitrogens is 4. The van der Waals surface area contributed by atoms with Gasteiger partial charge < -0.3 is 0 Å². The van der Waals surface area contributed by atoms with Crippen LogP contribution in [0.4, 0.5) is 0 Å². The minimum atomic E-state index is -0.227. The number of carbonyl (C=O) groups excluding carboxylic acids is 2. The highest BCUT2D eigenvalue weighted by atomic mass is 32.2. The van der Waals surface area contributed by atoms with E-state index in [4.69, 9.17) is 0 Å². The van der Waals surface area contributed by atoms with Crippen LogP contribution in [0, 0.1) is 13.8 Å². The summed E-state index contributed by atoms with van der Waals surface area (Å²) in [5.41, 5.74) is 5.47. The van der Waals surface area contributed by atoms with Gasteiger partial charge in [0.1, 0.15) is 5.82 Å². The summed E-state index contributed by atoms with van der Waals surface area (Å²) in [5.74, 6) is 0.727. The summed E-state index contributed by atoms with van der Waals surface area (Å²) in [5, 5.41) is 9.70. The first kappa shape index (κ1) is 21.1. The number of Topliss-reactive ketones (excluding diaryl/α,β-unsaturated/α-hetero) is 1. The second-order valence-corrected chi connectivity index (χ2v) is 8.93. The van der Waals surface area contributed by atoms with Crippen LogP contribution in [0.2, 0.25) is 0 Å². The molecule has 0 aliphatic carbocycles. The highest BCUT2D eigenvalue weighted by Crippen LogP contribution is 2.20. The zero-order chi connectivity index (χ0) is 21.8. The minimum Gasteiger partial charge on any atom is -0.293 e. The molecular weight excluding hydrogens is 430 g/mol. The molecule has 0 aliphatic heterocycles. The fraction of sp³-hybridized carbons (Fsp3) is 0.182. The van der Waals surface area contributed by atoms with Crippen molar-refractivity contribution >= 4 is 34.8 Å². The number of aryl methyl sites for hydroxylation is 1. The van der Waals surface area contributed by atoms with E-state index in [1.807, 2.05) is 43.5 Å². The molecule has 9 heteroatoms. The second kappa shape index (κ2) is 9.32. The molecule has 2 N–H and O–H groups in total. The molecule has 0 aliphatic rings. The summed E-state index contributed by atoms with van der Waals surface area (Å²) < 4.78 is 1.65. The monoisotopic (exact) mass is 451 g/mol. The maximum Gasteiger partial charge on any atom is 0.270 e. The smallest absolute Gasteiger partial charge is 0.270 e. The zero-order valence-corrected chi connectivity index (χ0v) is 18.7. The molecule has 0 spiro atoms. The predicted octanol–water partition coefficient (Wildman–Crippen LogP) is 4.23. The van der Waals surface area contributed by atoms with Crippen molar-refractivity contribution in [3.05, 3.63) is 87.1 Å². The lowest BCUT2D eigenvalue weighted by Crippen LogP contribution is -2.25. The standard InChI is InChI=1S/C22H21N5O2S2/c1-14-11-18(15(2)27(14)26-21(29)16-7-4-3-5-8-16)19(28)13-31-22-23-20(24-25-22)12-17-9-6-10-30-17/h3-11H,12-13H2,1-2H3,(H,26,29)(H,23,24,25). The van der Waals surface area contributed by atoms with Gasteiger partial charge in [-0.15, -0.1) is 16.4 Å². The van der Waals surface area contributed by atoms with E-state index in [-0.39, 0.29) is 17.4 Å². The summed E-state index contributed by atoms with van der Waals surface area (Å²) in [4.78, 5) is 31.0. The Hall–Kier alpha value is -3.17. The number of rotatable bonds is 8. The predicted molar refractivity (Wildman–Crippen MR) is 123 cm³/mol. The summed E-state index contributed by atoms with van der Waals surface area (Å²) in [6, 6.07) is 14.8. The largest absolute Gasteiger partial charge is 0.293 e.